The molecule has 0 fully saturated rings. The highest BCUT2D eigenvalue weighted by Gasteiger charge is 2.05. The lowest BCUT2D eigenvalue weighted by Gasteiger charge is -2.07. The van der Waals surface area contributed by atoms with Crippen LogP contribution in [-0.4, -0.2) is 25.2 Å². The molecule has 0 amide bonds. The molecule has 5 heteroatoms. The second-order valence-corrected chi connectivity index (χ2v) is 3.98. The predicted molar refractivity (Wildman–Crippen MR) is 72.9 cm³/mol. The van der Waals surface area contributed by atoms with E-state index >= 15 is 0 Å². The zero-order valence-corrected chi connectivity index (χ0v) is 11.3. The Labute approximate surface area is 117 Å². The molecule has 2 aromatic rings. The van der Waals surface area contributed by atoms with Crippen molar-refractivity contribution in [1.82, 2.24) is 4.98 Å². The number of carbonyl (C=O) groups is 1. The minimum absolute atomic E-state index is 0.328. The van der Waals surface area contributed by atoms with E-state index in [1.165, 1.54) is 7.11 Å². The minimum Gasteiger partial charge on any atom is -0.487 e. The van der Waals surface area contributed by atoms with Gasteiger partial charge in [-0.15, -0.1) is 0 Å². The van der Waals surface area contributed by atoms with Crippen LogP contribution in [0.1, 0.15) is 16.1 Å². The van der Waals surface area contributed by atoms with Crippen LogP contribution in [0.15, 0.2) is 42.5 Å². The summed E-state index contributed by atoms with van der Waals surface area (Å²) in [4.78, 5) is 15.5. The lowest BCUT2D eigenvalue weighted by atomic mass is 10.2. The van der Waals surface area contributed by atoms with Gasteiger partial charge in [-0.3, -0.25) is 0 Å². The van der Waals surface area contributed by atoms with Gasteiger partial charge < -0.3 is 14.2 Å². The molecule has 104 valence electrons. The number of ether oxygens (including phenoxy) is 3. The Hall–Kier alpha value is -2.56. The van der Waals surface area contributed by atoms with Gasteiger partial charge in [-0.05, 0) is 30.3 Å². The van der Waals surface area contributed by atoms with Gasteiger partial charge in [-0.25, -0.2) is 9.78 Å². The zero-order chi connectivity index (χ0) is 14.4. The molecular formula is C15H15NO4. The highest BCUT2D eigenvalue weighted by molar-refractivity contribution is 5.89. The SMILES string of the molecule is COC(=O)c1ccc(OCc2cccc(OC)n2)cc1. The molecule has 0 aliphatic heterocycles. The number of methoxy groups -OCH3 is 2. The third-order valence-electron chi connectivity index (χ3n) is 2.65. The molecular weight excluding hydrogens is 258 g/mol. The number of carbonyl (C=O) groups excluding carboxylic acids is 1. The molecule has 0 bridgehead atoms. The zero-order valence-electron chi connectivity index (χ0n) is 11.3. The number of benzene rings is 1. The van der Waals surface area contributed by atoms with Gasteiger partial charge in [0, 0.05) is 6.07 Å². The molecule has 5 nitrogen and oxygen atoms in total. The molecule has 0 aliphatic rings. The van der Waals surface area contributed by atoms with Gasteiger partial charge in [0.05, 0.1) is 25.5 Å². The smallest absolute Gasteiger partial charge is 0.337 e. The molecule has 0 saturated carbocycles. The lowest BCUT2D eigenvalue weighted by molar-refractivity contribution is 0.0600. The van der Waals surface area contributed by atoms with Gasteiger partial charge in [-0.2, -0.15) is 0 Å². The van der Waals surface area contributed by atoms with E-state index in [1.54, 1.807) is 37.4 Å². The molecule has 1 aromatic carbocycles. The van der Waals surface area contributed by atoms with E-state index in [0.29, 0.717) is 23.8 Å². The van der Waals surface area contributed by atoms with Crippen molar-refractivity contribution in [3.63, 3.8) is 0 Å². The van der Waals surface area contributed by atoms with E-state index in [1.807, 2.05) is 12.1 Å². The maximum Gasteiger partial charge on any atom is 0.337 e. The summed E-state index contributed by atoms with van der Waals surface area (Å²) in [5, 5.41) is 0. The van der Waals surface area contributed by atoms with Gasteiger partial charge in [0.2, 0.25) is 5.88 Å². The Bertz CT molecular complexity index is 581. The van der Waals surface area contributed by atoms with Crippen LogP contribution in [0.25, 0.3) is 0 Å². The lowest BCUT2D eigenvalue weighted by Crippen LogP contribution is -2.02. The number of pyridine rings is 1. The first-order valence-corrected chi connectivity index (χ1v) is 6.04. The maximum absolute atomic E-state index is 11.3. The summed E-state index contributed by atoms with van der Waals surface area (Å²) in [5.41, 5.74) is 1.25. The average molecular weight is 273 g/mol. The molecule has 0 atom stereocenters. The first-order valence-electron chi connectivity index (χ1n) is 6.04. The van der Waals surface area contributed by atoms with Crippen molar-refractivity contribution < 1.29 is 19.0 Å². The third-order valence-corrected chi connectivity index (χ3v) is 2.65. The Morgan fingerprint density at radius 3 is 2.50 bits per heavy atom. The van der Waals surface area contributed by atoms with Crippen molar-refractivity contribution in [1.29, 1.82) is 0 Å². The number of hydrogen-bond donors (Lipinski definition) is 0. The summed E-state index contributed by atoms with van der Waals surface area (Å²) >= 11 is 0. The van der Waals surface area contributed by atoms with Crippen molar-refractivity contribution >= 4 is 5.97 Å². The van der Waals surface area contributed by atoms with Gasteiger partial charge in [0.25, 0.3) is 0 Å². The summed E-state index contributed by atoms with van der Waals surface area (Å²) in [7, 11) is 2.92. The molecule has 0 radical (unpaired) electrons. The predicted octanol–water partition coefficient (Wildman–Crippen LogP) is 2.46. The second-order valence-electron chi connectivity index (χ2n) is 3.98. The van der Waals surface area contributed by atoms with Crippen molar-refractivity contribution in [2.75, 3.05) is 14.2 Å². The van der Waals surface area contributed by atoms with Crippen LogP contribution in [0.4, 0.5) is 0 Å². The normalized spacial score (nSPS) is 9.90. The molecule has 20 heavy (non-hydrogen) atoms. The minimum atomic E-state index is -0.369. The van der Waals surface area contributed by atoms with Crippen LogP contribution < -0.4 is 9.47 Å². The topological polar surface area (TPSA) is 57.7 Å². The van der Waals surface area contributed by atoms with E-state index in [0.717, 1.165) is 5.69 Å². The fourth-order valence-corrected chi connectivity index (χ4v) is 1.61. The second kappa shape index (κ2) is 6.56. The maximum atomic E-state index is 11.3. The van der Waals surface area contributed by atoms with Crippen LogP contribution in [0.2, 0.25) is 0 Å². The molecule has 0 unspecified atom stereocenters. The number of nitrogens with zero attached hydrogens (tertiary/aromatic N) is 1. The number of aromatic nitrogens is 1. The number of hydrogen-bond acceptors (Lipinski definition) is 5. The summed E-state index contributed by atoms with van der Waals surface area (Å²) < 4.78 is 15.3. The van der Waals surface area contributed by atoms with Gasteiger partial charge in [0.15, 0.2) is 0 Å². The van der Waals surface area contributed by atoms with Crippen molar-refractivity contribution in [3.05, 3.63) is 53.7 Å². The Kier molecular flexibility index (Phi) is 4.55. The fourth-order valence-electron chi connectivity index (χ4n) is 1.61. The van der Waals surface area contributed by atoms with Gasteiger partial charge in [0.1, 0.15) is 12.4 Å². The highest BCUT2D eigenvalue weighted by atomic mass is 16.5. The molecule has 0 N–H and O–H groups in total. The number of rotatable bonds is 5. The van der Waals surface area contributed by atoms with Gasteiger partial charge in [-0.1, -0.05) is 6.07 Å². The molecule has 1 heterocycles. The highest BCUT2D eigenvalue weighted by Crippen LogP contribution is 2.15. The quantitative estimate of drug-likeness (QED) is 0.783. The van der Waals surface area contributed by atoms with Crippen LogP contribution in [0.3, 0.4) is 0 Å². The Morgan fingerprint density at radius 1 is 1.10 bits per heavy atom. The Morgan fingerprint density at radius 2 is 1.85 bits per heavy atom. The standard InChI is InChI=1S/C15H15NO4/c1-18-14-5-3-4-12(16-14)10-20-13-8-6-11(7-9-13)15(17)19-2/h3-9H,10H2,1-2H3. The van der Waals surface area contributed by atoms with E-state index in [9.17, 15) is 4.79 Å². The van der Waals surface area contributed by atoms with Crippen LogP contribution in [0, 0.1) is 0 Å². The van der Waals surface area contributed by atoms with E-state index in [-0.39, 0.29) is 5.97 Å². The molecule has 0 aliphatic carbocycles. The van der Waals surface area contributed by atoms with Crippen molar-refractivity contribution in [3.8, 4) is 11.6 Å². The van der Waals surface area contributed by atoms with Crippen LogP contribution in [-0.2, 0) is 11.3 Å². The average Bonchev–Trinajstić information content (AvgIpc) is 2.53. The molecule has 0 saturated heterocycles. The first-order chi connectivity index (χ1) is 9.72. The summed E-state index contributed by atoms with van der Waals surface area (Å²) in [5.74, 6) is 0.834. The van der Waals surface area contributed by atoms with Crippen LogP contribution in [0.5, 0.6) is 11.6 Å². The molecule has 0 spiro atoms. The third kappa shape index (κ3) is 3.47. The van der Waals surface area contributed by atoms with Gasteiger partial charge >= 0.3 is 5.97 Å². The van der Waals surface area contributed by atoms with E-state index in [4.69, 9.17) is 9.47 Å². The molecule has 2 rings (SSSR count). The summed E-state index contributed by atoms with van der Waals surface area (Å²) in [6.45, 7) is 0.328. The summed E-state index contributed by atoms with van der Waals surface area (Å²) in [6, 6.07) is 12.2. The van der Waals surface area contributed by atoms with Crippen molar-refractivity contribution in [2.24, 2.45) is 0 Å². The fraction of sp³-hybridized carbons (Fsp3) is 0.200. The van der Waals surface area contributed by atoms with E-state index in [2.05, 4.69) is 9.72 Å². The summed E-state index contributed by atoms with van der Waals surface area (Å²) in [6.07, 6.45) is 0. The first kappa shape index (κ1) is 13.9. The largest absolute Gasteiger partial charge is 0.487 e. The van der Waals surface area contributed by atoms with Crippen molar-refractivity contribution in [2.45, 2.75) is 6.61 Å². The van der Waals surface area contributed by atoms with Crippen LogP contribution >= 0.6 is 0 Å². The monoisotopic (exact) mass is 273 g/mol. The Balaban J connectivity index is 1.98. The number of esters is 1. The molecule has 1 aromatic heterocycles. The van der Waals surface area contributed by atoms with E-state index < -0.39 is 0 Å².